The predicted octanol–water partition coefficient (Wildman–Crippen LogP) is 3.35. The minimum atomic E-state index is -0.735. The van der Waals surface area contributed by atoms with Gasteiger partial charge in [-0.2, -0.15) is 0 Å². The van der Waals surface area contributed by atoms with Crippen molar-refractivity contribution in [2.45, 2.75) is 37.1 Å². The summed E-state index contributed by atoms with van der Waals surface area (Å²) in [4.78, 5) is 2.15. The Hall–Kier alpha value is -2.02. The summed E-state index contributed by atoms with van der Waals surface area (Å²) in [6.45, 7) is 1.91. The Labute approximate surface area is 157 Å². The fraction of sp³-hybridized carbons (Fsp3) is 0.429. The van der Waals surface area contributed by atoms with Crippen molar-refractivity contribution in [1.29, 1.82) is 0 Å². The molecule has 0 saturated carbocycles. The molecule has 0 aliphatic carbocycles. The molecular weight excluding hydrogens is 352 g/mol. The molecule has 144 valence electrons. The molecule has 2 aromatic rings. The average molecular weight is 375 g/mol. The number of aliphatic hydroxyl groups is 2. The molecular formula is C21H23F2NO3. The normalized spacial score (nSPS) is 22.9. The summed E-state index contributed by atoms with van der Waals surface area (Å²) in [6.07, 6.45) is 0.466. The van der Waals surface area contributed by atoms with Gasteiger partial charge in [-0.25, -0.2) is 8.78 Å². The molecule has 6 heteroatoms. The molecule has 27 heavy (non-hydrogen) atoms. The Bertz CT molecular complexity index is 804. The first-order chi connectivity index (χ1) is 12.9. The number of nitrogens with zero attached hydrogens (tertiary/aromatic N) is 1. The quantitative estimate of drug-likeness (QED) is 0.864. The second kappa shape index (κ2) is 7.19. The summed E-state index contributed by atoms with van der Waals surface area (Å²) in [6, 6.07) is 10.2. The molecule has 0 bridgehead atoms. The fourth-order valence-electron chi connectivity index (χ4n) is 4.09. The fourth-order valence-corrected chi connectivity index (χ4v) is 4.09. The molecule has 0 unspecified atom stereocenters. The van der Waals surface area contributed by atoms with E-state index in [1.807, 2.05) is 0 Å². The van der Waals surface area contributed by atoms with Gasteiger partial charge in [-0.1, -0.05) is 12.1 Å². The highest BCUT2D eigenvalue weighted by Gasteiger charge is 2.43. The molecule has 0 aromatic heterocycles. The molecule has 4 nitrogen and oxygen atoms in total. The summed E-state index contributed by atoms with van der Waals surface area (Å²) < 4.78 is 32.6. The molecule has 2 aliphatic heterocycles. The van der Waals surface area contributed by atoms with Crippen LogP contribution in [-0.2, 0) is 0 Å². The lowest BCUT2D eigenvalue weighted by Crippen LogP contribution is -2.51. The molecule has 0 amide bonds. The van der Waals surface area contributed by atoms with Gasteiger partial charge >= 0.3 is 0 Å². The Kier molecular flexibility index (Phi) is 4.88. The number of likely N-dealkylation sites (tertiary alicyclic amines) is 1. The molecule has 2 aliphatic rings. The summed E-state index contributed by atoms with van der Waals surface area (Å²) in [5.74, 6) is -0.147. The summed E-state index contributed by atoms with van der Waals surface area (Å²) in [5, 5.41) is 20.8. The number of rotatable bonds is 3. The Balaban J connectivity index is 1.39. The van der Waals surface area contributed by atoms with Gasteiger partial charge in [0.15, 0.2) is 0 Å². The number of benzene rings is 2. The second-order valence-electron chi connectivity index (χ2n) is 7.56. The smallest absolute Gasteiger partial charge is 0.126 e. The minimum Gasteiger partial charge on any atom is -0.487 e. The van der Waals surface area contributed by atoms with Gasteiger partial charge in [0.2, 0.25) is 0 Å². The van der Waals surface area contributed by atoms with E-state index in [0.717, 1.165) is 25.9 Å². The maximum atomic E-state index is 13.4. The van der Waals surface area contributed by atoms with Gasteiger partial charge in [0, 0.05) is 31.6 Å². The van der Waals surface area contributed by atoms with E-state index in [9.17, 15) is 19.0 Å². The van der Waals surface area contributed by atoms with Crippen LogP contribution in [0.1, 0.15) is 42.6 Å². The lowest BCUT2D eigenvalue weighted by Gasteiger charge is -2.46. The van der Waals surface area contributed by atoms with Crippen molar-refractivity contribution in [3.63, 3.8) is 0 Å². The molecule has 1 saturated heterocycles. The topological polar surface area (TPSA) is 52.9 Å². The van der Waals surface area contributed by atoms with Crippen molar-refractivity contribution < 1.29 is 23.7 Å². The standard InChI is InChI=1S/C21H23F2NO3/c22-15-3-1-14(2-4-15)19(26)13-24-9-7-21(8-10-24)12-18(25)17-11-16(23)5-6-20(17)27-21/h1-6,11,18-19,25-26H,7-10,12-13H2/t18-,19+/m1/s1. The van der Waals surface area contributed by atoms with E-state index < -0.39 is 17.8 Å². The zero-order chi connectivity index (χ0) is 19.0. The molecule has 4 rings (SSSR count). The Morgan fingerprint density at radius 3 is 2.44 bits per heavy atom. The number of fused-ring (bicyclic) bond motifs is 1. The van der Waals surface area contributed by atoms with Crippen LogP contribution >= 0.6 is 0 Å². The number of aliphatic hydroxyl groups excluding tert-OH is 2. The third-order valence-electron chi connectivity index (χ3n) is 5.68. The number of halogens is 2. The third-order valence-corrected chi connectivity index (χ3v) is 5.68. The highest BCUT2D eigenvalue weighted by Crippen LogP contribution is 2.44. The molecule has 2 heterocycles. The Morgan fingerprint density at radius 2 is 1.74 bits per heavy atom. The molecule has 2 aromatic carbocycles. The van der Waals surface area contributed by atoms with E-state index >= 15 is 0 Å². The van der Waals surface area contributed by atoms with Crippen LogP contribution in [-0.4, -0.2) is 40.3 Å². The van der Waals surface area contributed by atoms with E-state index in [0.29, 0.717) is 29.8 Å². The van der Waals surface area contributed by atoms with Gasteiger partial charge < -0.3 is 19.8 Å². The van der Waals surface area contributed by atoms with Gasteiger partial charge in [-0.15, -0.1) is 0 Å². The zero-order valence-electron chi connectivity index (χ0n) is 14.9. The first kappa shape index (κ1) is 18.3. The zero-order valence-corrected chi connectivity index (χ0v) is 14.9. The average Bonchev–Trinajstić information content (AvgIpc) is 2.65. The van der Waals surface area contributed by atoms with Gasteiger partial charge in [0.25, 0.3) is 0 Å². The van der Waals surface area contributed by atoms with E-state index in [1.165, 1.54) is 24.3 Å². The Morgan fingerprint density at radius 1 is 1.07 bits per heavy atom. The van der Waals surface area contributed by atoms with Crippen LogP contribution in [0.4, 0.5) is 8.78 Å². The van der Waals surface area contributed by atoms with Crippen LogP contribution in [0.5, 0.6) is 5.75 Å². The van der Waals surface area contributed by atoms with Crippen LogP contribution in [0.2, 0.25) is 0 Å². The predicted molar refractivity (Wildman–Crippen MR) is 96.4 cm³/mol. The van der Waals surface area contributed by atoms with E-state index in [1.54, 1.807) is 18.2 Å². The number of hydrogen-bond donors (Lipinski definition) is 2. The lowest BCUT2D eigenvalue weighted by atomic mass is 9.81. The second-order valence-corrected chi connectivity index (χ2v) is 7.56. The largest absolute Gasteiger partial charge is 0.487 e. The molecule has 1 fully saturated rings. The van der Waals surface area contributed by atoms with Gasteiger partial charge in [-0.05, 0) is 48.7 Å². The molecule has 2 N–H and O–H groups in total. The summed E-state index contributed by atoms with van der Waals surface area (Å²) >= 11 is 0. The summed E-state index contributed by atoms with van der Waals surface area (Å²) in [5.41, 5.74) is 0.744. The van der Waals surface area contributed by atoms with Crippen LogP contribution in [0.15, 0.2) is 42.5 Å². The van der Waals surface area contributed by atoms with E-state index in [-0.39, 0.29) is 11.6 Å². The number of ether oxygens (including phenoxy) is 1. The van der Waals surface area contributed by atoms with Crippen LogP contribution in [0.25, 0.3) is 0 Å². The van der Waals surface area contributed by atoms with Crippen LogP contribution in [0.3, 0.4) is 0 Å². The summed E-state index contributed by atoms with van der Waals surface area (Å²) in [7, 11) is 0. The maximum Gasteiger partial charge on any atom is 0.126 e. The van der Waals surface area contributed by atoms with Crippen molar-refractivity contribution in [2.75, 3.05) is 19.6 Å². The first-order valence-electron chi connectivity index (χ1n) is 9.27. The minimum absolute atomic E-state index is 0.320. The van der Waals surface area contributed by atoms with Crippen LogP contribution in [0, 0.1) is 11.6 Å². The number of piperidine rings is 1. The number of β-amino-alcohol motifs (C(OH)–C–C–N with tert-alkyl or cyclic N) is 1. The highest BCUT2D eigenvalue weighted by molar-refractivity contribution is 5.38. The monoisotopic (exact) mass is 375 g/mol. The van der Waals surface area contributed by atoms with Crippen molar-refractivity contribution in [1.82, 2.24) is 4.90 Å². The SMILES string of the molecule is O[C@@H]1CC2(CCN(C[C@H](O)c3ccc(F)cc3)CC2)Oc2ccc(F)cc21. The highest BCUT2D eigenvalue weighted by atomic mass is 19.1. The van der Waals surface area contributed by atoms with Gasteiger partial charge in [-0.3, -0.25) is 0 Å². The molecule has 0 radical (unpaired) electrons. The van der Waals surface area contributed by atoms with Gasteiger partial charge in [0.05, 0.1) is 12.2 Å². The van der Waals surface area contributed by atoms with Crippen molar-refractivity contribution in [2.24, 2.45) is 0 Å². The van der Waals surface area contributed by atoms with Crippen molar-refractivity contribution in [3.05, 3.63) is 65.2 Å². The van der Waals surface area contributed by atoms with Crippen molar-refractivity contribution >= 4 is 0 Å². The van der Waals surface area contributed by atoms with Gasteiger partial charge in [0.1, 0.15) is 23.0 Å². The molecule has 1 spiro atoms. The van der Waals surface area contributed by atoms with Crippen LogP contribution < -0.4 is 4.74 Å². The van der Waals surface area contributed by atoms with E-state index in [2.05, 4.69) is 4.90 Å². The first-order valence-corrected chi connectivity index (χ1v) is 9.27. The lowest BCUT2D eigenvalue weighted by molar-refractivity contribution is -0.0589. The third kappa shape index (κ3) is 3.83. The molecule has 2 atom stereocenters. The number of hydrogen-bond acceptors (Lipinski definition) is 4. The maximum absolute atomic E-state index is 13.4. The van der Waals surface area contributed by atoms with Crippen molar-refractivity contribution in [3.8, 4) is 5.75 Å². The van der Waals surface area contributed by atoms with E-state index in [4.69, 9.17) is 4.74 Å².